The maximum absolute atomic E-state index is 5.08. The van der Waals surface area contributed by atoms with Crippen LogP contribution in [0.3, 0.4) is 0 Å². The van der Waals surface area contributed by atoms with Crippen molar-refractivity contribution in [3.8, 4) is 0 Å². The van der Waals surface area contributed by atoms with Crippen molar-refractivity contribution >= 4 is 17.2 Å². The second kappa shape index (κ2) is 5.61. The van der Waals surface area contributed by atoms with Gasteiger partial charge in [0.1, 0.15) is 5.84 Å². The van der Waals surface area contributed by atoms with Crippen molar-refractivity contribution in [1.29, 1.82) is 0 Å². The standard InChI is InChI=1S/C18H22N4/c1-13-6-7-16-17(12-13)21-18(22-10-8-19-9-11-22)14-4-2-3-5-15(14)20-16/h2-7,12,14-15,19-20H,8-11H2,1H3. The van der Waals surface area contributed by atoms with Crippen molar-refractivity contribution < 1.29 is 0 Å². The zero-order valence-electron chi connectivity index (χ0n) is 12.9. The fraction of sp³-hybridized carbons (Fsp3) is 0.389. The highest BCUT2D eigenvalue weighted by Crippen LogP contribution is 2.34. The molecule has 2 N–H and O–H groups in total. The molecule has 1 saturated heterocycles. The van der Waals surface area contributed by atoms with Crippen LogP contribution >= 0.6 is 0 Å². The van der Waals surface area contributed by atoms with Gasteiger partial charge in [-0.2, -0.15) is 0 Å². The molecule has 1 aliphatic carbocycles. The number of hydrogen-bond acceptors (Lipinski definition) is 4. The summed E-state index contributed by atoms with van der Waals surface area (Å²) in [6.07, 6.45) is 8.79. The minimum Gasteiger partial charge on any atom is -0.376 e. The lowest BCUT2D eigenvalue weighted by Crippen LogP contribution is -2.50. The Labute approximate surface area is 131 Å². The number of rotatable bonds is 0. The Morgan fingerprint density at radius 1 is 1.14 bits per heavy atom. The molecule has 0 amide bonds. The Kier molecular flexibility index (Phi) is 3.47. The zero-order chi connectivity index (χ0) is 14.9. The van der Waals surface area contributed by atoms with Crippen LogP contribution in [0.5, 0.6) is 0 Å². The van der Waals surface area contributed by atoms with Gasteiger partial charge in [0, 0.05) is 26.2 Å². The van der Waals surface area contributed by atoms with E-state index in [0.717, 1.165) is 37.6 Å². The molecule has 1 aromatic carbocycles. The molecule has 0 aromatic heterocycles. The summed E-state index contributed by atoms with van der Waals surface area (Å²) < 4.78 is 0. The number of allylic oxidation sites excluding steroid dienone is 2. The molecule has 0 spiro atoms. The van der Waals surface area contributed by atoms with Gasteiger partial charge in [-0.3, -0.25) is 0 Å². The quantitative estimate of drug-likeness (QED) is 0.772. The smallest absolute Gasteiger partial charge is 0.114 e. The van der Waals surface area contributed by atoms with Crippen LogP contribution in [0.25, 0.3) is 0 Å². The van der Waals surface area contributed by atoms with Gasteiger partial charge in [-0.25, -0.2) is 4.99 Å². The number of piperazine rings is 1. The summed E-state index contributed by atoms with van der Waals surface area (Å²) >= 11 is 0. The first-order chi connectivity index (χ1) is 10.8. The minimum absolute atomic E-state index is 0.280. The fourth-order valence-electron chi connectivity index (χ4n) is 3.40. The summed E-state index contributed by atoms with van der Waals surface area (Å²) in [5.41, 5.74) is 3.44. The number of hydrogen-bond donors (Lipinski definition) is 2. The van der Waals surface area contributed by atoms with E-state index in [-0.39, 0.29) is 6.04 Å². The molecule has 1 fully saturated rings. The Balaban J connectivity index is 1.79. The molecule has 4 heteroatoms. The monoisotopic (exact) mass is 294 g/mol. The lowest BCUT2D eigenvalue weighted by molar-refractivity contribution is 0.344. The van der Waals surface area contributed by atoms with Gasteiger partial charge in [0.15, 0.2) is 0 Å². The molecule has 2 atom stereocenters. The van der Waals surface area contributed by atoms with Crippen molar-refractivity contribution in [3.63, 3.8) is 0 Å². The molecule has 1 aromatic rings. The first-order valence-corrected chi connectivity index (χ1v) is 8.08. The number of nitrogens with zero attached hydrogens (tertiary/aromatic N) is 2. The molecule has 0 radical (unpaired) electrons. The van der Waals surface area contributed by atoms with Gasteiger partial charge in [-0.05, 0) is 24.6 Å². The van der Waals surface area contributed by atoms with E-state index >= 15 is 0 Å². The van der Waals surface area contributed by atoms with Crippen LogP contribution in [0.4, 0.5) is 11.4 Å². The van der Waals surface area contributed by atoms with Crippen molar-refractivity contribution in [2.45, 2.75) is 13.0 Å². The summed E-state index contributed by atoms with van der Waals surface area (Å²) in [4.78, 5) is 7.52. The zero-order valence-corrected chi connectivity index (χ0v) is 12.9. The highest BCUT2D eigenvalue weighted by Gasteiger charge is 2.31. The van der Waals surface area contributed by atoms with Gasteiger partial charge in [0.25, 0.3) is 0 Å². The maximum atomic E-state index is 5.08. The largest absolute Gasteiger partial charge is 0.376 e. The number of fused-ring (bicyclic) bond motifs is 2. The Morgan fingerprint density at radius 3 is 2.82 bits per heavy atom. The third kappa shape index (κ3) is 2.44. The van der Waals surface area contributed by atoms with E-state index in [0.29, 0.717) is 5.92 Å². The molecular formula is C18H22N4. The minimum atomic E-state index is 0.280. The maximum Gasteiger partial charge on any atom is 0.114 e. The topological polar surface area (TPSA) is 39.7 Å². The summed E-state index contributed by atoms with van der Waals surface area (Å²) in [6.45, 7) is 6.24. The Hall–Kier alpha value is -2.07. The Morgan fingerprint density at radius 2 is 1.95 bits per heavy atom. The van der Waals surface area contributed by atoms with Crippen LogP contribution in [0.15, 0.2) is 47.5 Å². The van der Waals surface area contributed by atoms with Crippen LogP contribution in [0.1, 0.15) is 5.56 Å². The SMILES string of the molecule is Cc1ccc2c(c1)N=C(N1CCNCC1)C1C=CC=CC1N2. The molecule has 2 heterocycles. The van der Waals surface area contributed by atoms with Crippen molar-refractivity contribution in [3.05, 3.63) is 48.1 Å². The van der Waals surface area contributed by atoms with E-state index in [1.54, 1.807) is 0 Å². The van der Waals surface area contributed by atoms with Crippen molar-refractivity contribution in [2.75, 3.05) is 31.5 Å². The molecule has 114 valence electrons. The average Bonchev–Trinajstić information content (AvgIpc) is 2.72. The van der Waals surface area contributed by atoms with E-state index < -0.39 is 0 Å². The van der Waals surface area contributed by atoms with Crippen LogP contribution in [-0.4, -0.2) is 43.0 Å². The first kappa shape index (κ1) is 13.6. The van der Waals surface area contributed by atoms with Crippen LogP contribution in [-0.2, 0) is 0 Å². The van der Waals surface area contributed by atoms with Gasteiger partial charge in [-0.1, -0.05) is 30.4 Å². The third-order valence-corrected chi connectivity index (χ3v) is 4.58. The number of benzene rings is 1. The van der Waals surface area contributed by atoms with Gasteiger partial charge in [0.05, 0.1) is 23.3 Å². The molecule has 2 unspecified atom stereocenters. The molecule has 4 nitrogen and oxygen atoms in total. The summed E-state index contributed by atoms with van der Waals surface area (Å²) in [7, 11) is 0. The van der Waals surface area contributed by atoms with Crippen LogP contribution in [0, 0.1) is 12.8 Å². The molecule has 0 bridgehead atoms. The Bertz CT molecular complexity index is 653. The molecule has 22 heavy (non-hydrogen) atoms. The first-order valence-electron chi connectivity index (χ1n) is 8.08. The normalized spacial score (nSPS) is 26.6. The summed E-state index contributed by atoms with van der Waals surface area (Å²) in [5, 5.41) is 7.09. The van der Waals surface area contributed by atoms with Gasteiger partial charge >= 0.3 is 0 Å². The van der Waals surface area contributed by atoms with Gasteiger partial charge in [-0.15, -0.1) is 0 Å². The predicted molar refractivity (Wildman–Crippen MR) is 91.9 cm³/mol. The van der Waals surface area contributed by atoms with Crippen LogP contribution < -0.4 is 10.6 Å². The van der Waals surface area contributed by atoms with Gasteiger partial charge in [0.2, 0.25) is 0 Å². The van der Waals surface area contributed by atoms with Crippen molar-refractivity contribution in [2.24, 2.45) is 10.9 Å². The number of amidine groups is 1. The molecular weight excluding hydrogens is 272 g/mol. The third-order valence-electron chi connectivity index (χ3n) is 4.58. The molecule has 0 saturated carbocycles. The molecule has 4 rings (SSSR count). The van der Waals surface area contributed by atoms with Crippen molar-refractivity contribution in [1.82, 2.24) is 10.2 Å². The predicted octanol–water partition coefficient (Wildman–Crippen LogP) is 2.47. The molecule has 3 aliphatic rings. The van der Waals surface area contributed by atoms with E-state index in [2.05, 4.69) is 65.0 Å². The van der Waals surface area contributed by atoms with Crippen LogP contribution in [0.2, 0.25) is 0 Å². The molecule has 2 aliphatic heterocycles. The van der Waals surface area contributed by atoms with E-state index in [1.165, 1.54) is 11.4 Å². The van der Waals surface area contributed by atoms with E-state index in [9.17, 15) is 0 Å². The summed E-state index contributed by atoms with van der Waals surface area (Å²) in [6, 6.07) is 6.75. The average molecular weight is 294 g/mol. The lowest BCUT2D eigenvalue weighted by Gasteiger charge is -2.35. The highest BCUT2D eigenvalue weighted by molar-refractivity contribution is 5.93. The number of nitrogens with one attached hydrogen (secondary N) is 2. The highest BCUT2D eigenvalue weighted by atomic mass is 15.2. The second-order valence-corrected chi connectivity index (χ2v) is 6.19. The van der Waals surface area contributed by atoms with E-state index in [1.807, 2.05) is 0 Å². The number of anilines is 1. The van der Waals surface area contributed by atoms with Gasteiger partial charge < -0.3 is 15.5 Å². The fourth-order valence-corrected chi connectivity index (χ4v) is 3.40. The lowest BCUT2D eigenvalue weighted by atomic mass is 9.93. The second-order valence-electron chi connectivity index (χ2n) is 6.19. The number of aryl methyl sites for hydroxylation is 1. The number of aliphatic imine (C=N–C) groups is 1. The van der Waals surface area contributed by atoms with E-state index in [4.69, 9.17) is 4.99 Å². The summed E-state index contributed by atoms with van der Waals surface area (Å²) in [5.74, 6) is 1.50.